The molecule has 104 valence electrons. The Balaban J connectivity index is 2.23. The highest BCUT2D eigenvalue weighted by atomic mass is 79.9. The molecule has 0 spiro atoms. The van der Waals surface area contributed by atoms with Crippen LogP contribution in [0.4, 0.5) is 10.1 Å². The van der Waals surface area contributed by atoms with Crippen molar-refractivity contribution < 1.29 is 14.1 Å². The number of benzene rings is 2. The van der Waals surface area contributed by atoms with Gasteiger partial charge in [0.15, 0.2) is 5.75 Å². The van der Waals surface area contributed by atoms with Crippen LogP contribution in [0, 0.1) is 22.9 Å². The predicted octanol–water partition coefficient (Wildman–Crippen LogP) is 4.38. The average Bonchev–Trinajstić information content (AvgIpc) is 2.34. The number of aryl methyl sites for hydroxylation is 1. The smallest absolute Gasteiger partial charge is 0.313 e. The van der Waals surface area contributed by atoms with E-state index in [4.69, 9.17) is 4.74 Å². The van der Waals surface area contributed by atoms with Crippen LogP contribution >= 0.6 is 15.9 Å². The monoisotopic (exact) mass is 339 g/mol. The number of nitro groups is 1. The molecule has 0 aliphatic carbocycles. The van der Waals surface area contributed by atoms with E-state index in [0.717, 1.165) is 0 Å². The van der Waals surface area contributed by atoms with Crippen LogP contribution in [0.25, 0.3) is 0 Å². The summed E-state index contributed by atoms with van der Waals surface area (Å²) in [5.41, 5.74) is 1.04. The molecule has 2 aromatic carbocycles. The maximum Gasteiger partial charge on any atom is 0.313 e. The third-order valence-corrected chi connectivity index (χ3v) is 3.16. The summed E-state index contributed by atoms with van der Waals surface area (Å²) in [5.74, 6) is -0.216. The van der Waals surface area contributed by atoms with Crippen molar-refractivity contribution in [2.45, 2.75) is 13.5 Å². The van der Waals surface area contributed by atoms with Gasteiger partial charge in [0.05, 0.1) is 4.92 Å². The predicted molar refractivity (Wildman–Crippen MR) is 76.3 cm³/mol. The second kappa shape index (κ2) is 6.00. The second-order valence-corrected chi connectivity index (χ2v) is 5.16. The SMILES string of the molecule is Cc1cccc(OCc2cc(F)cc(Br)c2)c1[N+](=O)[O-]. The number of hydrogen-bond donors (Lipinski definition) is 0. The van der Waals surface area contributed by atoms with Gasteiger partial charge in [-0.15, -0.1) is 0 Å². The van der Waals surface area contributed by atoms with E-state index in [-0.39, 0.29) is 18.0 Å². The summed E-state index contributed by atoms with van der Waals surface area (Å²) in [6.45, 7) is 1.70. The normalized spacial score (nSPS) is 10.3. The zero-order valence-corrected chi connectivity index (χ0v) is 12.2. The van der Waals surface area contributed by atoms with Crippen LogP contribution in [0.3, 0.4) is 0 Å². The maximum atomic E-state index is 13.2. The lowest BCUT2D eigenvalue weighted by atomic mass is 10.2. The number of nitro benzene ring substituents is 1. The molecule has 0 N–H and O–H groups in total. The van der Waals surface area contributed by atoms with Crippen molar-refractivity contribution in [1.29, 1.82) is 0 Å². The van der Waals surface area contributed by atoms with Crippen molar-refractivity contribution in [3.8, 4) is 5.75 Å². The fourth-order valence-electron chi connectivity index (χ4n) is 1.84. The Morgan fingerprint density at radius 3 is 2.75 bits per heavy atom. The van der Waals surface area contributed by atoms with Crippen LogP contribution in [-0.2, 0) is 6.61 Å². The molecule has 0 saturated heterocycles. The summed E-state index contributed by atoms with van der Waals surface area (Å²) >= 11 is 3.18. The van der Waals surface area contributed by atoms with Crippen molar-refractivity contribution in [3.63, 3.8) is 0 Å². The summed E-state index contributed by atoms with van der Waals surface area (Å²) in [4.78, 5) is 10.5. The fourth-order valence-corrected chi connectivity index (χ4v) is 2.35. The second-order valence-electron chi connectivity index (χ2n) is 4.25. The van der Waals surface area contributed by atoms with Crippen molar-refractivity contribution >= 4 is 21.6 Å². The minimum absolute atomic E-state index is 0.0562. The van der Waals surface area contributed by atoms with Gasteiger partial charge in [0, 0.05) is 10.0 Å². The molecule has 0 bridgehead atoms. The summed E-state index contributed by atoms with van der Waals surface area (Å²) < 4.78 is 19.3. The first-order chi connectivity index (χ1) is 9.47. The first-order valence-electron chi connectivity index (χ1n) is 5.79. The highest BCUT2D eigenvalue weighted by Crippen LogP contribution is 2.30. The lowest BCUT2D eigenvalue weighted by molar-refractivity contribution is -0.386. The van der Waals surface area contributed by atoms with Crippen LogP contribution in [0.2, 0.25) is 0 Å². The number of ether oxygens (including phenoxy) is 1. The van der Waals surface area contributed by atoms with Crippen molar-refractivity contribution in [1.82, 2.24) is 0 Å². The van der Waals surface area contributed by atoms with E-state index >= 15 is 0 Å². The Bertz CT molecular complexity index is 641. The molecule has 0 amide bonds. The van der Waals surface area contributed by atoms with Crippen molar-refractivity contribution in [2.75, 3.05) is 0 Å². The Hall–Kier alpha value is -1.95. The van der Waals surface area contributed by atoms with E-state index in [0.29, 0.717) is 15.6 Å². The Kier molecular flexibility index (Phi) is 4.34. The van der Waals surface area contributed by atoms with Crippen LogP contribution in [0.1, 0.15) is 11.1 Å². The molecule has 0 saturated carbocycles. The van der Waals surface area contributed by atoms with E-state index in [2.05, 4.69) is 15.9 Å². The molecule has 6 heteroatoms. The molecule has 2 rings (SSSR count). The molecular formula is C14H11BrFNO3. The summed E-state index contributed by atoms with van der Waals surface area (Å²) in [5, 5.41) is 11.0. The van der Waals surface area contributed by atoms with Gasteiger partial charge in [0.2, 0.25) is 0 Å². The first kappa shape index (κ1) is 14.5. The van der Waals surface area contributed by atoms with Crippen molar-refractivity contribution in [2.24, 2.45) is 0 Å². The van der Waals surface area contributed by atoms with Gasteiger partial charge in [-0.1, -0.05) is 28.1 Å². The lowest BCUT2D eigenvalue weighted by Crippen LogP contribution is -2.01. The molecule has 0 atom stereocenters. The van der Waals surface area contributed by atoms with Gasteiger partial charge in [-0.05, 0) is 36.8 Å². The third kappa shape index (κ3) is 3.33. The molecule has 0 radical (unpaired) electrons. The minimum Gasteiger partial charge on any atom is -0.482 e. The summed E-state index contributed by atoms with van der Waals surface area (Å²) in [7, 11) is 0. The molecule has 0 aromatic heterocycles. The number of halogens is 2. The van der Waals surface area contributed by atoms with E-state index in [9.17, 15) is 14.5 Å². The highest BCUT2D eigenvalue weighted by Gasteiger charge is 2.18. The molecule has 0 unspecified atom stereocenters. The van der Waals surface area contributed by atoms with Crippen LogP contribution in [0.5, 0.6) is 5.75 Å². The number of nitrogens with zero attached hydrogens (tertiary/aromatic N) is 1. The van der Waals surface area contributed by atoms with Gasteiger partial charge < -0.3 is 4.74 Å². The quantitative estimate of drug-likeness (QED) is 0.613. The highest BCUT2D eigenvalue weighted by molar-refractivity contribution is 9.10. The molecule has 4 nitrogen and oxygen atoms in total. The van der Waals surface area contributed by atoms with Gasteiger partial charge in [0.25, 0.3) is 0 Å². The summed E-state index contributed by atoms with van der Waals surface area (Å²) in [6.07, 6.45) is 0. The molecule has 0 aliphatic heterocycles. The van der Waals surface area contributed by atoms with Gasteiger partial charge in [-0.25, -0.2) is 4.39 Å². The fraction of sp³-hybridized carbons (Fsp3) is 0.143. The van der Waals surface area contributed by atoms with Crippen LogP contribution < -0.4 is 4.74 Å². The standard InChI is InChI=1S/C14H11BrFNO3/c1-9-3-2-4-13(14(9)17(18)19)20-8-10-5-11(15)7-12(16)6-10/h2-7H,8H2,1H3. The molecule has 2 aromatic rings. The van der Waals surface area contributed by atoms with Crippen LogP contribution in [0.15, 0.2) is 40.9 Å². The van der Waals surface area contributed by atoms with Crippen molar-refractivity contribution in [3.05, 3.63) is 67.9 Å². The third-order valence-electron chi connectivity index (χ3n) is 2.70. The van der Waals surface area contributed by atoms with Crippen LogP contribution in [-0.4, -0.2) is 4.92 Å². The molecule has 20 heavy (non-hydrogen) atoms. The van der Waals surface area contributed by atoms with E-state index in [1.807, 2.05) is 0 Å². The zero-order chi connectivity index (χ0) is 14.7. The Morgan fingerprint density at radius 2 is 2.10 bits per heavy atom. The van der Waals surface area contributed by atoms with Gasteiger partial charge in [-0.2, -0.15) is 0 Å². The minimum atomic E-state index is -0.480. The Morgan fingerprint density at radius 1 is 1.35 bits per heavy atom. The Labute approximate surface area is 123 Å². The van der Waals surface area contributed by atoms with E-state index < -0.39 is 10.7 Å². The molecule has 0 heterocycles. The zero-order valence-electron chi connectivity index (χ0n) is 10.6. The number of rotatable bonds is 4. The largest absolute Gasteiger partial charge is 0.482 e. The van der Waals surface area contributed by atoms with Gasteiger partial charge >= 0.3 is 5.69 Å². The molecule has 0 fully saturated rings. The number of hydrogen-bond acceptors (Lipinski definition) is 3. The molecular weight excluding hydrogens is 329 g/mol. The summed E-state index contributed by atoms with van der Waals surface area (Å²) in [6, 6.07) is 9.21. The molecule has 0 aliphatic rings. The topological polar surface area (TPSA) is 52.4 Å². The van der Waals surface area contributed by atoms with E-state index in [1.54, 1.807) is 25.1 Å². The first-order valence-corrected chi connectivity index (χ1v) is 6.58. The van der Waals surface area contributed by atoms with Gasteiger partial charge in [-0.3, -0.25) is 10.1 Å². The van der Waals surface area contributed by atoms with E-state index in [1.165, 1.54) is 18.2 Å². The van der Waals surface area contributed by atoms with Gasteiger partial charge in [0.1, 0.15) is 12.4 Å². The lowest BCUT2D eigenvalue weighted by Gasteiger charge is -2.08. The number of para-hydroxylation sites is 1. The average molecular weight is 340 g/mol. The maximum absolute atomic E-state index is 13.2.